The summed E-state index contributed by atoms with van der Waals surface area (Å²) in [4.78, 5) is 1.91. The molecular formula is C12H17FN4O2S. The first kappa shape index (κ1) is 14.7. The third kappa shape index (κ3) is 3.07. The Morgan fingerprint density at radius 2 is 1.90 bits per heavy atom. The van der Waals surface area contributed by atoms with Crippen molar-refractivity contribution in [3.05, 3.63) is 29.6 Å². The molecule has 1 aromatic rings. The first-order valence-corrected chi connectivity index (χ1v) is 7.98. The van der Waals surface area contributed by atoms with E-state index in [9.17, 15) is 12.8 Å². The molecule has 20 heavy (non-hydrogen) atoms. The summed E-state index contributed by atoms with van der Waals surface area (Å²) in [5, 5.41) is 7.51. The van der Waals surface area contributed by atoms with Gasteiger partial charge in [0.15, 0.2) is 0 Å². The fraction of sp³-hybridized carbons (Fsp3) is 0.417. The molecule has 1 saturated heterocycles. The quantitative estimate of drug-likeness (QED) is 0.616. The van der Waals surface area contributed by atoms with Gasteiger partial charge in [-0.05, 0) is 18.2 Å². The largest absolute Gasteiger partial charge is 0.384 e. The summed E-state index contributed by atoms with van der Waals surface area (Å²) in [6.45, 7) is 1.71. The highest BCUT2D eigenvalue weighted by molar-refractivity contribution is 7.88. The van der Waals surface area contributed by atoms with Crippen molar-refractivity contribution in [1.29, 1.82) is 5.41 Å². The maximum Gasteiger partial charge on any atom is 0.211 e. The lowest BCUT2D eigenvalue weighted by Crippen LogP contribution is -2.48. The number of benzene rings is 1. The zero-order valence-corrected chi connectivity index (χ0v) is 12.0. The van der Waals surface area contributed by atoms with Gasteiger partial charge < -0.3 is 10.6 Å². The first-order valence-electron chi connectivity index (χ1n) is 6.13. The molecule has 1 fully saturated rings. The van der Waals surface area contributed by atoms with E-state index in [0.717, 1.165) is 0 Å². The molecule has 0 atom stereocenters. The van der Waals surface area contributed by atoms with Crippen LogP contribution in [0.15, 0.2) is 18.2 Å². The van der Waals surface area contributed by atoms with E-state index in [-0.39, 0.29) is 5.84 Å². The number of halogens is 1. The molecule has 8 heteroatoms. The van der Waals surface area contributed by atoms with Gasteiger partial charge in [0.2, 0.25) is 10.0 Å². The molecule has 0 saturated carbocycles. The Kier molecular flexibility index (Phi) is 3.96. The van der Waals surface area contributed by atoms with Gasteiger partial charge in [-0.25, -0.2) is 12.8 Å². The summed E-state index contributed by atoms with van der Waals surface area (Å²) in [6.07, 6.45) is 1.18. The number of sulfonamides is 1. The fourth-order valence-corrected chi connectivity index (χ4v) is 3.09. The minimum atomic E-state index is -3.18. The van der Waals surface area contributed by atoms with Gasteiger partial charge >= 0.3 is 0 Å². The topological polar surface area (TPSA) is 90.5 Å². The van der Waals surface area contributed by atoms with E-state index >= 15 is 0 Å². The predicted molar refractivity (Wildman–Crippen MR) is 76.0 cm³/mol. The smallest absolute Gasteiger partial charge is 0.211 e. The molecule has 1 heterocycles. The molecule has 0 radical (unpaired) electrons. The number of nitrogens with one attached hydrogen (secondary N) is 1. The average Bonchev–Trinajstić information content (AvgIpc) is 2.37. The van der Waals surface area contributed by atoms with E-state index in [1.165, 1.54) is 22.7 Å². The van der Waals surface area contributed by atoms with Gasteiger partial charge in [0.05, 0.1) is 6.26 Å². The minimum absolute atomic E-state index is 0.204. The summed E-state index contributed by atoms with van der Waals surface area (Å²) in [5.74, 6) is -0.654. The van der Waals surface area contributed by atoms with Crippen LogP contribution in [0.1, 0.15) is 5.56 Å². The third-order valence-corrected chi connectivity index (χ3v) is 4.60. The molecule has 0 bridgehead atoms. The maximum absolute atomic E-state index is 13.2. The standard InChI is InChI=1S/C12H17FN4O2S/c1-20(18,19)17-6-4-16(5-7-17)11-3-2-9(13)8-10(11)12(14)15/h2-3,8H,4-7H2,1H3,(H3,14,15). The maximum atomic E-state index is 13.2. The molecule has 1 aliphatic heterocycles. The van der Waals surface area contributed by atoms with Crippen molar-refractivity contribution in [3.63, 3.8) is 0 Å². The molecule has 1 aliphatic rings. The van der Waals surface area contributed by atoms with Crippen LogP contribution in [0.5, 0.6) is 0 Å². The summed E-state index contributed by atoms with van der Waals surface area (Å²) in [7, 11) is -3.18. The highest BCUT2D eigenvalue weighted by atomic mass is 32.2. The van der Waals surface area contributed by atoms with E-state index in [1.54, 1.807) is 6.07 Å². The predicted octanol–water partition coefficient (Wildman–Crippen LogP) is 0.191. The molecule has 0 unspecified atom stereocenters. The second-order valence-electron chi connectivity index (χ2n) is 4.72. The highest BCUT2D eigenvalue weighted by Crippen LogP contribution is 2.23. The zero-order chi connectivity index (χ0) is 14.9. The lowest BCUT2D eigenvalue weighted by molar-refractivity contribution is 0.388. The number of rotatable bonds is 3. The van der Waals surface area contributed by atoms with Crippen LogP contribution in [0.2, 0.25) is 0 Å². The van der Waals surface area contributed by atoms with Crippen molar-refractivity contribution in [2.75, 3.05) is 37.3 Å². The van der Waals surface area contributed by atoms with Gasteiger partial charge in [-0.1, -0.05) is 0 Å². The molecule has 0 aromatic heterocycles. The Bertz CT molecular complexity index is 624. The number of hydrogen-bond donors (Lipinski definition) is 2. The van der Waals surface area contributed by atoms with Crippen LogP contribution in [0.25, 0.3) is 0 Å². The number of nitrogens with two attached hydrogens (primary N) is 1. The van der Waals surface area contributed by atoms with Crippen LogP contribution in [-0.2, 0) is 10.0 Å². The van der Waals surface area contributed by atoms with E-state index in [0.29, 0.717) is 37.4 Å². The van der Waals surface area contributed by atoms with Gasteiger partial charge in [-0.2, -0.15) is 4.31 Å². The molecule has 2 rings (SSSR count). The molecule has 3 N–H and O–H groups in total. The second-order valence-corrected chi connectivity index (χ2v) is 6.71. The Morgan fingerprint density at radius 1 is 1.30 bits per heavy atom. The first-order chi connectivity index (χ1) is 9.29. The van der Waals surface area contributed by atoms with Crippen molar-refractivity contribution < 1.29 is 12.8 Å². The Balaban J connectivity index is 2.21. The van der Waals surface area contributed by atoms with Gasteiger partial charge in [-0.15, -0.1) is 0 Å². The fourth-order valence-electron chi connectivity index (χ4n) is 2.26. The second kappa shape index (κ2) is 5.37. The summed E-state index contributed by atoms with van der Waals surface area (Å²) >= 11 is 0. The molecular weight excluding hydrogens is 283 g/mol. The lowest BCUT2D eigenvalue weighted by Gasteiger charge is -2.35. The number of nitrogen functional groups attached to an aromatic ring is 1. The zero-order valence-electron chi connectivity index (χ0n) is 11.1. The summed E-state index contributed by atoms with van der Waals surface area (Å²) < 4.78 is 37.5. The molecule has 0 aliphatic carbocycles. The molecule has 1 aromatic carbocycles. The highest BCUT2D eigenvalue weighted by Gasteiger charge is 2.25. The number of hydrogen-bond acceptors (Lipinski definition) is 4. The normalized spacial score (nSPS) is 17.2. The van der Waals surface area contributed by atoms with Crippen molar-refractivity contribution in [2.45, 2.75) is 0 Å². The van der Waals surface area contributed by atoms with Crippen molar-refractivity contribution in [2.24, 2.45) is 5.73 Å². The van der Waals surface area contributed by atoms with E-state index in [1.807, 2.05) is 4.90 Å². The monoisotopic (exact) mass is 300 g/mol. The van der Waals surface area contributed by atoms with Crippen LogP contribution in [-0.4, -0.2) is 51.0 Å². The van der Waals surface area contributed by atoms with Gasteiger partial charge in [0.1, 0.15) is 11.7 Å². The van der Waals surface area contributed by atoms with Crippen molar-refractivity contribution in [3.8, 4) is 0 Å². The van der Waals surface area contributed by atoms with Crippen molar-refractivity contribution in [1.82, 2.24) is 4.31 Å². The van der Waals surface area contributed by atoms with E-state index in [2.05, 4.69) is 0 Å². The van der Waals surface area contributed by atoms with Crippen molar-refractivity contribution >= 4 is 21.5 Å². The Labute approximate surface area is 117 Å². The number of amidine groups is 1. The van der Waals surface area contributed by atoms with Crippen LogP contribution in [0, 0.1) is 11.2 Å². The SMILES string of the molecule is CS(=O)(=O)N1CCN(c2ccc(F)cc2C(=N)N)CC1. The number of anilines is 1. The number of piperazine rings is 1. The average molecular weight is 300 g/mol. The van der Waals surface area contributed by atoms with E-state index in [4.69, 9.17) is 11.1 Å². The lowest BCUT2D eigenvalue weighted by atomic mass is 10.1. The van der Waals surface area contributed by atoms with Crippen LogP contribution in [0.3, 0.4) is 0 Å². The Hall–Kier alpha value is -1.67. The van der Waals surface area contributed by atoms with Gasteiger partial charge in [0, 0.05) is 37.4 Å². The Morgan fingerprint density at radius 3 is 2.40 bits per heavy atom. The van der Waals surface area contributed by atoms with Gasteiger partial charge in [-0.3, -0.25) is 5.41 Å². The van der Waals surface area contributed by atoms with Crippen LogP contribution in [0.4, 0.5) is 10.1 Å². The van der Waals surface area contributed by atoms with Crippen LogP contribution < -0.4 is 10.6 Å². The van der Waals surface area contributed by atoms with Gasteiger partial charge in [0.25, 0.3) is 0 Å². The molecule has 0 spiro atoms. The van der Waals surface area contributed by atoms with E-state index < -0.39 is 15.8 Å². The summed E-state index contributed by atoms with van der Waals surface area (Å²) in [6, 6.07) is 4.10. The third-order valence-electron chi connectivity index (χ3n) is 3.30. The molecule has 110 valence electrons. The van der Waals surface area contributed by atoms with Crippen LogP contribution >= 0.6 is 0 Å². The summed E-state index contributed by atoms with van der Waals surface area (Å²) in [5.41, 5.74) is 6.46. The molecule has 0 amide bonds. The molecule has 6 nitrogen and oxygen atoms in total. The minimum Gasteiger partial charge on any atom is -0.384 e. The number of nitrogens with zero attached hydrogens (tertiary/aromatic N) is 2.